The van der Waals surface area contributed by atoms with Crippen LogP contribution in [0, 0.1) is 10.1 Å². The highest BCUT2D eigenvalue weighted by Crippen LogP contribution is 2.28. The SMILES string of the molecule is O=C1CCC(CNC(=O)c2cccc([N+](=O)[O-])c2Br)N1. The van der Waals surface area contributed by atoms with Crippen molar-refractivity contribution >= 4 is 33.4 Å². The number of hydrogen-bond acceptors (Lipinski definition) is 4. The van der Waals surface area contributed by atoms with Gasteiger partial charge >= 0.3 is 0 Å². The Morgan fingerprint density at radius 3 is 2.90 bits per heavy atom. The summed E-state index contributed by atoms with van der Waals surface area (Å²) >= 11 is 3.07. The number of hydrogen-bond donors (Lipinski definition) is 2. The minimum absolute atomic E-state index is 0.0271. The molecular weight excluding hydrogens is 330 g/mol. The number of nitro benzene ring substituents is 1. The molecule has 1 aromatic carbocycles. The molecule has 2 rings (SSSR count). The summed E-state index contributed by atoms with van der Waals surface area (Å²) in [5, 5.41) is 16.2. The zero-order valence-electron chi connectivity index (χ0n) is 10.4. The molecule has 1 aliphatic rings. The number of carbonyl (C=O) groups is 2. The second-order valence-electron chi connectivity index (χ2n) is 4.41. The third-order valence-electron chi connectivity index (χ3n) is 3.01. The summed E-state index contributed by atoms with van der Waals surface area (Å²) in [5.74, 6) is -0.442. The van der Waals surface area contributed by atoms with E-state index in [0.29, 0.717) is 19.4 Å². The van der Waals surface area contributed by atoms with Gasteiger partial charge in [0, 0.05) is 25.1 Å². The Kier molecular flexibility index (Phi) is 4.33. The van der Waals surface area contributed by atoms with Gasteiger partial charge in [-0.05, 0) is 28.4 Å². The van der Waals surface area contributed by atoms with Crippen LogP contribution >= 0.6 is 15.9 Å². The van der Waals surface area contributed by atoms with E-state index in [0.717, 1.165) is 0 Å². The van der Waals surface area contributed by atoms with E-state index in [-0.39, 0.29) is 27.7 Å². The first-order valence-electron chi connectivity index (χ1n) is 5.99. The van der Waals surface area contributed by atoms with Gasteiger partial charge in [-0.2, -0.15) is 0 Å². The topological polar surface area (TPSA) is 101 Å². The van der Waals surface area contributed by atoms with Crippen LogP contribution in [0.25, 0.3) is 0 Å². The van der Waals surface area contributed by atoms with Crippen LogP contribution < -0.4 is 10.6 Å². The molecule has 2 amide bonds. The number of nitrogens with one attached hydrogen (secondary N) is 2. The second kappa shape index (κ2) is 6.00. The average molecular weight is 342 g/mol. The van der Waals surface area contributed by atoms with Crippen LogP contribution in [0.3, 0.4) is 0 Å². The first kappa shape index (κ1) is 14.4. The largest absolute Gasteiger partial charge is 0.352 e. The van der Waals surface area contributed by atoms with E-state index in [1.165, 1.54) is 18.2 Å². The predicted molar refractivity (Wildman–Crippen MR) is 74.3 cm³/mol. The van der Waals surface area contributed by atoms with Crippen molar-refractivity contribution in [3.63, 3.8) is 0 Å². The molecule has 0 aliphatic carbocycles. The Bertz CT molecular complexity index is 576. The summed E-state index contributed by atoms with van der Waals surface area (Å²) in [4.78, 5) is 33.3. The standard InChI is InChI=1S/C12H12BrN3O4/c13-11-8(2-1-3-9(11)16(19)20)12(18)14-6-7-4-5-10(17)15-7/h1-3,7H,4-6H2,(H,14,18)(H,15,17). The molecule has 1 aliphatic heterocycles. The maximum absolute atomic E-state index is 12.0. The molecule has 106 valence electrons. The molecule has 1 heterocycles. The lowest BCUT2D eigenvalue weighted by molar-refractivity contribution is -0.385. The number of amides is 2. The normalized spacial score (nSPS) is 17.6. The van der Waals surface area contributed by atoms with Crippen molar-refractivity contribution in [2.24, 2.45) is 0 Å². The molecule has 0 bridgehead atoms. The molecule has 0 aromatic heterocycles. The molecule has 20 heavy (non-hydrogen) atoms. The first-order chi connectivity index (χ1) is 9.49. The molecule has 0 saturated carbocycles. The number of rotatable bonds is 4. The highest BCUT2D eigenvalue weighted by atomic mass is 79.9. The van der Waals surface area contributed by atoms with Crippen LogP contribution in [0.5, 0.6) is 0 Å². The minimum atomic E-state index is -0.557. The Balaban J connectivity index is 2.04. The van der Waals surface area contributed by atoms with Crippen molar-refractivity contribution in [3.05, 3.63) is 38.3 Å². The van der Waals surface area contributed by atoms with Gasteiger partial charge in [0.1, 0.15) is 4.47 Å². The maximum atomic E-state index is 12.0. The third kappa shape index (κ3) is 3.13. The average Bonchev–Trinajstić information content (AvgIpc) is 2.81. The fraction of sp³-hybridized carbons (Fsp3) is 0.333. The van der Waals surface area contributed by atoms with Gasteiger partial charge in [-0.15, -0.1) is 0 Å². The van der Waals surface area contributed by atoms with Gasteiger partial charge in [0.2, 0.25) is 5.91 Å². The lowest BCUT2D eigenvalue weighted by Crippen LogP contribution is -2.38. The quantitative estimate of drug-likeness (QED) is 0.637. The number of halogens is 1. The third-order valence-corrected chi connectivity index (χ3v) is 3.85. The zero-order valence-corrected chi connectivity index (χ0v) is 12.0. The number of benzene rings is 1. The van der Waals surface area contributed by atoms with Crippen LogP contribution in [-0.4, -0.2) is 29.3 Å². The molecule has 1 aromatic rings. The second-order valence-corrected chi connectivity index (χ2v) is 5.20. The van der Waals surface area contributed by atoms with E-state index in [4.69, 9.17) is 0 Å². The summed E-state index contributed by atoms with van der Waals surface area (Å²) in [6, 6.07) is 4.19. The molecular formula is C12H12BrN3O4. The van der Waals surface area contributed by atoms with Crippen molar-refractivity contribution in [2.45, 2.75) is 18.9 Å². The zero-order chi connectivity index (χ0) is 14.7. The van der Waals surface area contributed by atoms with Gasteiger partial charge in [-0.1, -0.05) is 6.07 Å². The summed E-state index contributed by atoms with van der Waals surface area (Å²) in [6.45, 7) is 0.305. The molecule has 8 heteroatoms. The summed E-state index contributed by atoms with van der Waals surface area (Å²) in [7, 11) is 0. The van der Waals surface area contributed by atoms with Gasteiger partial charge in [0.25, 0.3) is 11.6 Å². The fourth-order valence-corrected chi connectivity index (χ4v) is 2.57. The first-order valence-corrected chi connectivity index (χ1v) is 6.79. The monoisotopic (exact) mass is 341 g/mol. The van der Waals surface area contributed by atoms with Gasteiger partial charge in [0.05, 0.1) is 10.5 Å². The molecule has 1 saturated heterocycles. The van der Waals surface area contributed by atoms with Crippen molar-refractivity contribution in [1.82, 2.24) is 10.6 Å². The Hall–Kier alpha value is -1.96. The van der Waals surface area contributed by atoms with Crippen molar-refractivity contribution in [1.29, 1.82) is 0 Å². The predicted octanol–water partition coefficient (Wildman–Crippen LogP) is 1.37. The van der Waals surface area contributed by atoms with E-state index in [1.54, 1.807) is 0 Å². The number of carbonyl (C=O) groups excluding carboxylic acids is 2. The van der Waals surface area contributed by atoms with Gasteiger partial charge < -0.3 is 10.6 Å². The molecule has 1 fully saturated rings. The number of nitrogens with zero attached hydrogens (tertiary/aromatic N) is 1. The Labute approximate surface area is 123 Å². The van der Waals surface area contributed by atoms with Crippen molar-refractivity contribution in [3.8, 4) is 0 Å². The lowest BCUT2D eigenvalue weighted by Gasteiger charge is -2.12. The summed E-state index contributed by atoms with van der Waals surface area (Å²) in [6.07, 6.45) is 1.14. The highest BCUT2D eigenvalue weighted by Gasteiger charge is 2.23. The maximum Gasteiger partial charge on any atom is 0.284 e. The molecule has 1 atom stereocenters. The van der Waals surface area contributed by atoms with Crippen LogP contribution in [0.4, 0.5) is 5.69 Å². The van der Waals surface area contributed by atoms with Gasteiger partial charge in [-0.3, -0.25) is 19.7 Å². The van der Waals surface area contributed by atoms with Crippen LogP contribution in [0.1, 0.15) is 23.2 Å². The van der Waals surface area contributed by atoms with Crippen molar-refractivity contribution < 1.29 is 14.5 Å². The smallest absolute Gasteiger partial charge is 0.284 e. The van der Waals surface area contributed by atoms with Crippen LogP contribution in [0.15, 0.2) is 22.7 Å². The highest BCUT2D eigenvalue weighted by molar-refractivity contribution is 9.10. The minimum Gasteiger partial charge on any atom is -0.352 e. The molecule has 2 N–H and O–H groups in total. The molecule has 7 nitrogen and oxygen atoms in total. The summed E-state index contributed by atoms with van der Waals surface area (Å²) < 4.78 is 0.151. The fourth-order valence-electron chi connectivity index (χ4n) is 1.98. The Morgan fingerprint density at radius 2 is 2.30 bits per heavy atom. The lowest BCUT2D eigenvalue weighted by atomic mass is 10.1. The van der Waals surface area contributed by atoms with E-state index >= 15 is 0 Å². The van der Waals surface area contributed by atoms with E-state index in [9.17, 15) is 19.7 Å². The van der Waals surface area contributed by atoms with E-state index in [2.05, 4.69) is 26.6 Å². The summed E-state index contributed by atoms with van der Waals surface area (Å²) in [5.41, 5.74) is 0.0374. The molecule has 0 spiro atoms. The van der Waals surface area contributed by atoms with Crippen LogP contribution in [-0.2, 0) is 4.79 Å². The molecule has 0 radical (unpaired) electrons. The van der Waals surface area contributed by atoms with Gasteiger partial charge in [0.15, 0.2) is 0 Å². The van der Waals surface area contributed by atoms with Crippen molar-refractivity contribution in [2.75, 3.05) is 6.54 Å². The molecule has 1 unspecified atom stereocenters. The van der Waals surface area contributed by atoms with E-state index in [1.807, 2.05) is 0 Å². The van der Waals surface area contributed by atoms with Crippen LogP contribution in [0.2, 0.25) is 0 Å². The number of nitro groups is 1. The van der Waals surface area contributed by atoms with Gasteiger partial charge in [-0.25, -0.2) is 0 Å². The van der Waals surface area contributed by atoms with E-state index < -0.39 is 10.8 Å². The Morgan fingerprint density at radius 1 is 1.55 bits per heavy atom.